The van der Waals surface area contributed by atoms with Crippen LogP contribution in [-0.4, -0.2) is 72.2 Å². The zero-order valence-electron chi connectivity index (χ0n) is 22.9. The highest BCUT2D eigenvalue weighted by atomic mass is 16.1. The molecule has 11 heteroatoms. The Hall–Kier alpha value is -3.73. The summed E-state index contributed by atoms with van der Waals surface area (Å²) in [6, 6.07) is 3.65. The lowest BCUT2D eigenvalue weighted by Gasteiger charge is -2.23. The van der Waals surface area contributed by atoms with Gasteiger partial charge in [0, 0.05) is 43.0 Å². The Morgan fingerprint density at radius 3 is 2.66 bits per heavy atom. The van der Waals surface area contributed by atoms with Gasteiger partial charge in [0.25, 0.3) is 5.91 Å². The lowest BCUT2D eigenvalue weighted by atomic mass is 9.89. The van der Waals surface area contributed by atoms with Crippen LogP contribution in [0, 0.1) is 12.3 Å². The highest BCUT2D eigenvalue weighted by Gasteiger charge is 2.26. The summed E-state index contributed by atoms with van der Waals surface area (Å²) in [4.78, 5) is 42.5. The van der Waals surface area contributed by atoms with Crippen LogP contribution in [0.25, 0.3) is 0 Å². The van der Waals surface area contributed by atoms with Crippen LogP contribution in [0.1, 0.15) is 61.3 Å². The van der Waals surface area contributed by atoms with E-state index in [-0.39, 0.29) is 29.6 Å². The number of hydrogen-bond acceptors (Lipinski definition) is 9. The number of carbonyl (C=O) groups is 2. The number of amidine groups is 1. The summed E-state index contributed by atoms with van der Waals surface area (Å²) >= 11 is 0. The highest BCUT2D eigenvalue weighted by molar-refractivity contribution is 6.09. The van der Waals surface area contributed by atoms with Crippen LogP contribution in [-0.2, 0) is 4.79 Å². The van der Waals surface area contributed by atoms with Gasteiger partial charge in [0.15, 0.2) is 0 Å². The number of aliphatic imine (C=N–C) groups is 1. The van der Waals surface area contributed by atoms with E-state index in [1.54, 1.807) is 31.8 Å². The molecule has 0 aliphatic carbocycles. The van der Waals surface area contributed by atoms with Gasteiger partial charge in [-0.05, 0) is 39.1 Å². The molecule has 1 atom stereocenters. The number of pyridine rings is 2. The third kappa shape index (κ3) is 6.58. The van der Waals surface area contributed by atoms with Crippen molar-refractivity contribution >= 4 is 28.9 Å². The SMILES string of the molecule is Cc1ncc(C(=O)N=C(N)CC(=O)C(C)(C)C)cc1N1CC(c2cncc(N3CCCN(C)CC3)c2)N=N1. The normalized spacial score (nSPS) is 19.1. The molecule has 11 nitrogen and oxygen atoms in total. The summed E-state index contributed by atoms with van der Waals surface area (Å²) in [6.45, 7) is 11.8. The van der Waals surface area contributed by atoms with E-state index in [1.165, 1.54) is 6.20 Å². The highest BCUT2D eigenvalue weighted by Crippen LogP contribution is 2.32. The number of anilines is 2. The number of carbonyl (C=O) groups excluding carboxylic acids is 2. The van der Waals surface area contributed by atoms with Crippen molar-refractivity contribution in [3.05, 3.63) is 47.5 Å². The molecule has 1 amide bonds. The number of hydrogen-bond donors (Lipinski definition) is 1. The molecule has 4 heterocycles. The molecule has 0 saturated carbocycles. The minimum absolute atomic E-state index is 0.0126. The number of aryl methyl sites for hydroxylation is 1. The van der Waals surface area contributed by atoms with E-state index < -0.39 is 11.3 Å². The summed E-state index contributed by atoms with van der Waals surface area (Å²) in [6.07, 6.45) is 6.23. The average Bonchev–Trinajstić information content (AvgIpc) is 3.25. The van der Waals surface area contributed by atoms with Gasteiger partial charge < -0.3 is 15.5 Å². The first-order valence-electron chi connectivity index (χ1n) is 13.0. The van der Waals surface area contributed by atoms with E-state index in [0.29, 0.717) is 17.9 Å². The Morgan fingerprint density at radius 1 is 1.11 bits per heavy atom. The fourth-order valence-corrected chi connectivity index (χ4v) is 4.35. The maximum atomic E-state index is 12.8. The van der Waals surface area contributed by atoms with Crippen molar-refractivity contribution in [3.8, 4) is 0 Å². The fourth-order valence-electron chi connectivity index (χ4n) is 4.35. The van der Waals surface area contributed by atoms with Gasteiger partial charge in [-0.15, -0.1) is 0 Å². The Morgan fingerprint density at radius 2 is 1.89 bits per heavy atom. The van der Waals surface area contributed by atoms with Crippen LogP contribution < -0.4 is 15.6 Å². The maximum absolute atomic E-state index is 12.8. The summed E-state index contributed by atoms with van der Waals surface area (Å²) in [7, 11) is 2.15. The molecule has 1 unspecified atom stereocenters. The van der Waals surface area contributed by atoms with Gasteiger partial charge in [-0.1, -0.05) is 26.0 Å². The van der Waals surface area contributed by atoms with E-state index in [4.69, 9.17) is 5.73 Å². The molecule has 4 rings (SSSR count). The standard InChI is InChI=1S/C27H37N9O2/c1-18-23(12-20(15-30-18)26(38)31-25(28)13-24(37)27(2,3)4)36-17-22(32-33-36)19-11-21(16-29-14-19)35-8-6-7-34(5)9-10-35/h11-12,14-16,22H,6-10,13,17H2,1-5H3,(H2,28,31,38). The summed E-state index contributed by atoms with van der Waals surface area (Å²) in [5.74, 6) is -0.647. The molecule has 2 aromatic rings. The molecule has 0 bridgehead atoms. The Bertz CT molecular complexity index is 1250. The van der Waals surface area contributed by atoms with Crippen molar-refractivity contribution in [2.45, 2.75) is 46.6 Å². The predicted molar refractivity (Wildman–Crippen MR) is 148 cm³/mol. The first kappa shape index (κ1) is 27.3. The van der Waals surface area contributed by atoms with E-state index >= 15 is 0 Å². The first-order valence-corrected chi connectivity index (χ1v) is 13.0. The third-order valence-corrected chi connectivity index (χ3v) is 6.87. The zero-order chi connectivity index (χ0) is 27.4. The number of Topliss-reactive ketones (excluding diaryl/α,β-unsaturated/α-hetero) is 1. The van der Waals surface area contributed by atoms with Gasteiger partial charge >= 0.3 is 0 Å². The number of nitrogens with two attached hydrogens (primary N) is 1. The van der Waals surface area contributed by atoms with Crippen molar-refractivity contribution in [2.24, 2.45) is 26.5 Å². The minimum atomic E-state index is -0.558. The van der Waals surface area contributed by atoms with Crippen LogP contribution >= 0.6 is 0 Å². The van der Waals surface area contributed by atoms with Gasteiger partial charge in [0.2, 0.25) is 0 Å². The number of aromatic nitrogens is 2. The van der Waals surface area contributed by atoms with Crippen LogP contribution in [0.3, 0.4) is 0 Å². The first-order chi connectivity index (χ1) is 18.0. The van der Waals surface area contributed by atoms with Crippen LogP contribution in [0.5, 0.6) is 0 Å². The van der Waals surface area contributed by atoms with E-state index in [1.807, 2.05) is 19.3 Å². The molecule has 2 aliphatic heterocycles. The molecule has 0 spiro atoms. The molecule has 2 N–H and O–H groups in total. The molecule has 0 radical (unpaired) electrons. The van der Waals surface area contributed by atoms with Crippen molar-refractivity contribution in [2.75, 3.05) is 49.7 Å². The summed E-state index contributed by atoms with van der Waals surface area (Å²) in [5, 5.41) is 10.6. The maximum Gasteiger partial charge on any atom is 0.280 e. The quantitative estimate of drug-likeness (QED) is 0.454. The molecule has 38 heavy (non-hydrogen) atoms. The number of ketones is 1. The zero-order valence-corrected chi connectivity index (χ0v) is 22.9. The van der Waals surface area contributed by atoms with Gasteiger partial charge in [-0.25, -0.2) is 5.01 Å². The molecule has 2 aliphatic rings. The number of nitrogens with zero attached hydrogens (tertiary/aromatic N) is 8. The smallest absolute Gasteiger partial charge is 0.280 e. The Labute approximate surface area is 223 Å². The number of likely N-dealkylation sites (N-methyl/N-ethyl adjacent to an activating group) is 1. The molecule has 1 fully saturated rings. The lowest BCUT2D eigenvalue weighted by molar-refractivity contribution is -0.125. The van der Waals surface area contributed by atoms with Crippen LogP contribution in [0.4, 0.5) is 11.4 Å². The molecule has 202 valence electrons. The second-order valence-electron chi connectivity index (χ2n) is 11.0. The second kappa shape index (κ2) is 11.3. The topological polar surface area (TPSA) is 133 Å². The minimum Gasteiger partial charge on any atom is -0.387 e. The van der Waals surface area contributed by atoms with Gasteiger partial charge in [-0.2, -0.15) is 10.1 Å². The van der Waals surface area contributed by atoms with Crippen LogP contribution in [0.2, 0.25) is 0 Å². The largest absolute Gasteiger partial charge is 0.387 e. The second-order valence-corrected chi connectivity index (χ2v) is 11.0. The van der Waals surface area contributed by atoms with E-state index in [9.17, 15) is 9.59 Å². The Kier molecular flexibility index (Phi) is 8.15. The van der Waals surface area contributed by atoms with Crippen molar-refractivity contribution in [3.63, 3.8) is 0 Å². The summed E-state index contributed by atoms with van der Waals surface area (Å²) in [5.41, 5.74) is 9.07. The van der Waals surface area contributed by atoms with Crippen molar-refractivity contribution in [1.82, 2.24) is 14.9 Å². The molecular formula is C27H37N9O2. The average molecular weight is 520 g/mol. The Balaban J connectivity index is 1.46. The summed E-state index contributed by atoms with van der Waals surface area (Å²) < 4.78 is 0. The molecule has 0 aromatic carbocycles. The van der Waals surface area contributed by atoms with Gasteiger partial charge in [-0.3, -0.25) is 19.6 Å². The lowest BCUT2D eigenvalue weighted by Crippen LogP contribution is -2.29. The van der Waals surface area contributed by atoms with Gasteiger partial charge in [0.1, 0.15) is 17.7 Å². The van der Waals surface area contributed by atoms with Crippen LogP contribution in [0.15, 0.2) is 46.1 Å². The number of rotatable bonds is 6. The molecule has 1 saturated heterocycles. The van der Waals surface area contributed by atoms with E-state index in [2.05, 4.69) is 48.2 Å². The monoisotopic (exact) mass is 519 g/mol. The third-order valence-electron chi connectivity index (χ3n) is 6.87. The molecular weight excluding hydrogens is 482 g/mol. The fraction of sp³-hybridized carbons (Fsp3) is 0.519. The van der Waals surface area contributed by atoms with Crippen molar-refractivity contribution < 1.29 is 9.59 Å². The molecule has 2 aromatic heterocycles. The van der Waals surface area contributed by atoms with Gasteiger partial charge in [0.05, 0.1) is 41.8 Å². The number of amides is 1. The van der Waals surface area contributed by atoms with E-state index in [0.717, 1.165) is 43.9 Å². The predicted octanol–water partition coefficient (Wildman–Crippen LogP) is 3.36. The van der Waals surface area contributed by atoms with Crippen molar-refractivity contribution in [1.29, 1.82) is 0 Å².